The van der Waals surface area contributed by atoms with Crippen LogP contribution in [0.25, 0.3) is 0 Å². The van der Waals surface area contributed by atoms with Gasteiger partial charge >= 0.3 is 0 Å². The summed E-state index contributed by atoms with van der Waals surface area (Å²) < 4.78 is 0. The summed E-state index contributed by atoms with van der Waals surface area (Å²) in [6.45, 7) is 4.60. The lowest BCUT2D eigenvalue weighted by Crippen LogP contribution is -2.16. The molecule has 0 N–H and O–H groups in total. The number of hydrogen-bond acceptors (Lipinski definition) is 0. The van der Waals surface area contributed by atoms with Crippen LogP contribution in [0.5, 0.6) is 0 Å². The van der Waals surface area contributed by atoms with Crippen LogP contribution in [0.15, 0.2) is 0 Å². The predicted molar refractivity (Wildman–Crippen MR) is 110 cm³/mol. The molecule has 1 saturated carbocycles. The summed E-state index contributed by atoms with van der Waals surface area (Å²) >= 11 is 0. The molecule has 0 aromatic carbocycles. The lowest BCUT2D eigenvalue weighted by atomic mass is 9.78. The van der Waals surface area contributed by atoms with Gasteiger partial charge in [0.05, 0.1) is 0 Å². The molecule has 2 radical (unpaired) electrons. The van der Waals surface area contributed by atoms with Crippen LogP contribution in [0, 0.1) is 24.7 Å². The Kier molecular flexibility index (Phi) is 15.1. The van der Waals surface area contributed by atoms with E-state index in [4.69, 9.17) is 0 Å². The van der Waals surface area contributed by atoms with E-state index in [1.165, 1.54) is 116 Å². The Morgan fingerprint density at radius 3 is 1.17 bits per heavy atom. The second-order valence-electron chi connectivity index (χ2n) is 8.28. The van der Waals surface area contributed by atoms with E-state index in [0.29, 0.717) is 0 Å². The minimum absolute atomic E-state index is 0.908. The van der Waals surface area contributed by atoms with Crippen LogP contribution in [0.2, 0.25) is 0 Å². The zero-order valence-electron chi connectivity index (χ0n) is 17.0. The van der Waals surface area contributed by atoms with Gasteiger partial charge < -0.3 is 0 Å². The quantitative estimate of drug-likeness (QED) is 0.247. The van der Waals surface area contributed by atoms with Crippen molar-refractivity contribution < 1.29 is 0 Å². The van der Waals surface area contributed by atoms with E-state index in [-0.39, 0.29) is 0 Å². The Morgan fingerprint density at radius 1 is 0.500 bits per heavy atom. The maximum absolute atomic E-state index is 2.67. The van der Waals surface area contributed by atoms with Gasteiger partial charge in [-0.1, -0.05) is 117 Å². The molecule has 2 atom stereocenters. The van der Waals surface area contributed by atoms with Gasteiger partial charge in [0, 0.05) is 0 Å². The highest BCUT2D eigenvalue weighted by Crippen LogP contribution is 2.33. The Labute approximate surface area is 154 Å². The Bertz CT molecular complexity index is 210. The molecule has 0 aliphatic heterocycles. The van der Waals surface area contributed by atoms with E-state index >= 15 is 0 Å². The fourth-order valence-corrected chi connectivity index (χ4v) is 4.13. The molecule has 1 rings (SSSR count). The number of unbranched alkanes of at least 4 members (excludes halogenated alkanes) is 12. The van der Waals surface area contributed by atoms with Crippen molar-refractivity contribution in [3.63, 3.8) is 0 Å². The van der Waals surface area contributed by atoms with Crippen LogP contribution in [-0.2, 0) is 0 Å². The monoisotopic (exact) mass is 334 g/mol. The summed E-state index contributed by atoms with van der Waals surface area (Å²) in [6, 6.07) is 0. The summed E-state index contributed by atoms with van der Waals surface area (Å²) in [5.41, 5.74) is 0. The topological polar surface area (TPSA) is 0 Å². The fourth-order valence-electron chi connectivity index (χ4n) is 4.13. The Hall–Kier alpha value is 0. The van der Waals surface area contributed by atoms with E-state index < -0.39 is 0 Å². The van der Waals surface area contributed by atoms with E-state index in [2.05, 4.69) is 26.7 Å². The third-order valence-corrected chi connectivity index (χ3v) is 5.90. The molecule has 0 saturated heterocycles. The predicted octanol–water partition coefficient (Wildman–Crippen LogP) is 8.70. The third kappa shape index (κ3) is 12.4. The van der Waals surface area contributed by atoms with Crippen LogP contribution < -0.4 is 0 Å². The van der Waals surface area contributed by atoms with Crippen LogP contribution in [0.3, 0.4) is 0 Å². The maximum Gasteiger partial charge on any atom is -0.0352 e. The van der Waals surface area contributed by atoms with Crippen molar-refractivity contribution in [3.8, 4) is 0 Å². The van der Waals surface area contributed by atoms with E-state index in [0.717, 1.165) is 11.8 Å². The normalized spacial score (nSPS) is 21.2. The standard InChI is InChI=1S/C24H46/c1-3-5-7-9-11-13-15-17-23-19-21-24(22-20-23)18-16-14-12-10-8-6-4-2/h19,22-24H,3-18,20-21H2,1-2H3. The molecule has 24 heavy (non-hydrogen) atoms. The third-order valence-electron chi connectivity index (χ3n) is 5.90. The number of rotatable bonds is 16. The van der Waals surface area contributed by atoms with E-state index in [1.807, 2.05) is 0 Å². The minimum atomic E-state index is 0.908. The van der Waals surface area contributed by atoms with Gasteiger partial charge in [0.25, 0.3) is 0 Å². The molecule has 1 fully saturated rings. The maximum atomic E-state index is 2.67. The molecule has 1 aliphatic carbocycles. The van der Waals surface area contributed by atoms with Gasteiger partial charge in [-0.2, -0.15) is 0 Å². The zero-order chi connectivity index (χ0) is 17.3. The highest BCUT2D eigenvalue weighted by molar-refractivity contribution is 4.94. The van der Waals surface area contributed by atoms with Gasteiger partial charge in [-0.25, -0.2) is 0 Å². The van der Waals surface area contributed by atoms with Crippen molar-refractivity contribution in [2.75, 3.05) is 0 Å². The van der Waals surface area contributed by atoms with E-state index in [1.54, 1.807) is 0 Å². The summed E-state index contributed by atoms with van der Waals surface area (Å²) in [4.78, 5) is 0. The molecule has 1 aliphatic rings. The Balaban J connectivity index is 1.85. The average Bonchev–Trinajstić information content (AvgIpc) is 2.61. The fraction of sp³-hybridized carbons (Fsp3) is 0.917. The first-order valence-corrected chi connectivity index (χ1v) is 11.5. The number of hydrogen-bond donors (Lipinski definition) is 0. The van der Waals surface area contributed by atoms with Crippen LogP contribution >= 0.6 is 0 Å². The van der Waals surface area contributed by atoms with Crippen LogP contribution in [0.1, 0.15) is 129 Å². The summed E-state index contributed by atoms with van der Waals surface area (Å²) in [6.07, 6.45) is 31.2. The molecule has 0 nitrogen and oxygen atoms in total. The highest BCUT2D eigenvalue weighted by Gasteiger charge is 2.20. The second-order valence-corrected chi connectivity index (χ2v) is 8.28. The van der Waals surface area contributed by atoms with E-state index in [9.17, 15) is 0 Å². The molecular formula is C24H46. The van der Waals surface area contributed by atoms with Crippen LogP contribution in [0.4, 0.5) is 0 Å². The van der Waals surface area contributed by atoms with Gasteiger partial charge in [-0.3, -0.25) is 0 Å². The van der Waals surface area contributed by atoms with Gasteiger partial charge in [0.1, 0.15) is 0 Å². The van der Waals surface area contributed by atoms with Crippen LogP contribution in [-0.4, -0.2) is 0 Å². The molecule has 0 amide bonds. The SMILES string of the molecule is CCCCCCCCCC1[CH]CC(CCCCCCCCC)[CH]C1. The zero-order valence-corrected chi connectivity index (χ0v) is 17.0. The van der Waals surface area contributed by atoms with Crippen molar-refractivity contribution in [1.29, 1.82) is 0 Å². The summed E-state index contributed by atoms with van der Waals surface area (Å²) in [7, 11) is 0. The first kappa shape index (κ1) is 22.0. The summed E-state index contributed by atoms with van der Waals surface area (Å²) in [5.74, 6) is 1.82. The molecule has 0 heterocycles. The summed E-state index contributed by atoms with van der Waals surface area (Å²) in [5, 5.41) is 0. The van der Waals surface area contributed by atoms with Gasteiger partial charge in [-0.15, -0.1) is 0 Å². The smallest absolute Gasteiger partial charge is 0.0352 e. The molecule has 0 spiro atoms. The minimum Gasteiger partial charge on any atom is -0.0654 e. The highest BCUT2D eigenvalue weighted by atomic mass is 14.3. The first-order chi connectivity index (χ1) is 11.9. The lowest BCUT2D eigenvalue weighted by molar-refractivity contribution is 0.372. The van der Waals surface area contributed by atoms with Gasteiger partial charge in [0.2, 0.25) is 0 Å². The van der Waals surface area contributed by atoms with Crippen molar-refractivity contribution in [2.24, 2.45) is 11.8 Å². The molecule has 142 valence electrons. The molecule has 0 aromatic heterocycles. The van der Waals surface area contributed by atoms with Gasteiger partial charge in [0.15, 0.2) is 0 Å². The molecule has 0 bridgehead atoms. The second kappa shape index (κ2) is 16.5. The first-order valence-electron chi connectivity index (χ1n) is 11.5. The van der Waals surface area contributed by atoms with Crippen molar-refractivity contribution in [3.05, 3.63) is 12.8 Å². The molecule has 0 aromatic rings. The van der Waals surface area contributed by atoms with Gasteiger partial charge in [-0.05, 0) is 37.5 Å². The average molecular weight is 335 g/mol. The lowest BCUT2D eigenvalue weighted by Gasteiger charge is -2.28. The molecule has 2 unspecified atom stereocenters. The molecule has 0 heteroatoms. The largest absolute Gasteiger partial charge is 0.0654 e. The van der Waals surface area contributed by atoms with Crippen molar-refractivity contribution in [2.45, 2.75) is 129 Å². The van der Waals surface area contributed by atoms with Crippen molar-refractivity contribution >= 4 is 0 Å². The Morgan fingerprint density at radius 2 is 0.833 bits per heavy atom. The van der Waals surface area contributed by atoms with Crippen molar-refractivity contribution in [1.82, 2.24) is 0 Å². The molecular weight excluding hydrogens is 288 g/mol.